The molecule has 1 amide bonds. The van der Waals surface area contributed by atoms with Crippen LogP contribution in [-0.2, 0) is 28.6 Å². The quantitative estimate of drug-likeness (QED) is 0.550. The van der Waals surface area contributed by atoms with Crippen LogP contribution in [0.4, 0.5) is 29.5 Å². The first kappa shape index (κ1) is 26.1. The van der Waals surface area contributed by atoms with Gasteiger partial charge in [0.15, 0.2) is 5.82 Å². The number of halogens is 3. The maximum atomic E-state index is 13.7. The Morgan fingerprint density at radius 2 is 1.86 bits per heavy atom. The lowest BCUT2D eigenvalue weighted by Gasteiger charge is -2.33. The van der Waals surface area contributed by atoms with Crippen molar-refractivity contribution >= 4 is 17.6 Å². The molecule has 1 aromatic carbocycles. The molecule has 0 bridgehead atoms. The normalized spacial score (nSPS) is 18.0. The second kappa shape index (κ2) is 10.6. The molecular formula is C25H33F3N4O4. The number of anilines is 2. The number of carbonyl (C=O) groups excluding carboxylic acids is 1. The van der Waals surface area contributed by atoms with Crippen molar-refractivity contribution in [2.45, 2.75) is 58.8 Å². The van der Waals surface area contributed by atoms with Crippen LogP contribution in [0.15, 0.2) is 12.1 Å². The zero-order chi connectivity index (χ0) is 26.0. The van der Waals surface area contributed by atoms with E-state index in [2.05, 4.69) is 0 Å². The molecular weight excluding hydrogens is 477 g/mol. The second-order valence-electron chi connectivity index (χ2n) is 8.81. The summed E-state index contributed by atoms with van der Waals surface area (Å²) in [5, 5.41) is 4.94. The van der Waals surface area contributed by atoms with Crippen LogP contribution in [0.25, 0.3) is 0 Å². The SMILES string of the molecule is CC.COC(=O)N1CCc2c(c(N3CCOc4cc(C)c(C(F)(F)F)cc43)nn2C2CCOCC2)C1. The highest BCUT2D eigenvalue weighted by Crippen LogP contribution is 2.45. The zero-order valence-corrected chi connectivity index (χ0v) is 21.2. The van der Waals surface area contributed by atoms with E-state index in [0.717, 1.165) is 30.2 Å². The van der Waals surface area contributed by atoms with Crippen molar-refractivity contribution in [3.05, 3.63) is 34.5 Å². The molecule has 5 rings (SSSR count). The standard InChI is InChI=1S/C23H27F3N4O4.C2H6/c1-14-11-20-19(12-17(14)23(24,25)26)29(7-10-34-20)21-16-13-28(22(31)32-2)6-3-18(16)30(27-21)15-4-8-33-9-5-15;1-2/h11-12,15H,3-10,13H2,1-2H3;1-2H3. The molecule has 0 saturated carbocycles. The minimum absolute atomic E-state index is 0.111. The smallest absolute Gasteiger partial charge is 0.416 e. The third-order valence-corrected chi connectivity index (χ3v) is 6.76. The lowest BCUT2D eigenvalue weighted by molar-refractivity contribution is -0.138. The second-order valence-corrected chi connectivity index (χ2v) is 8.81. The molecule has 0 atom stereocenters. The highest BCUT2D eigenvalue weighted by Gasteiger charge is 2.37. The molecule has 3 aliphatic rings. The first-order chi connectivity index (χ1) is 17.3. The highest BCUT2D eigenvalue weighted by atomic mass is 19.4. The first-order valence-electron chi connectivity index (χ1n) is 12.4. The summed E-state index contributed by atoms with van der Waals surface area (Å²) in [7, 11) is 1.34. The first-order valence-corrected chi connectivity index (χ1v) is 12.4. The molecule has 198 valence electrons. The van der Waals surface area contributed by atoms with E-state index in [0.29, 0.717) is 56.6 Å². The molecule has 11 heteroatoms. The molecule has 2 aromatic rings. The van der Waals surface area contributed by atoms with Gasteiger partial charge in [-0.05, 0) is 37.5 Å². The van der Waals surface area contributed by atoms with E-state index in [1.54, 1.807) is 9.80 Å². The highest BCUT2D eigenvalue weighted by molar-refractivity contribution is 5.74. The number of alkyl halides is 3. The molecule has 1 fully saturated rings. The Balaban J connectivity index is 0.00000148. The number of aromatic nitrogens is 2. The van der Waals surface area contributed by atoms with Crippen LogP contribution in [0.5, 0.6) is 5.75 Å². The number of carbonyl (C=O) groups is 1. The number of nitrogens with zero attached hydrogens (tertiary/aromatic N) is 4. The fourth-order valence-corrected chi connectivity index (χ4v) is 5.05. The van der Waals surface area contributed by atoms with Gasteiger partial charge in [0, 0.05) is 37.4 Å². The third-order valence-electron chi connectivity index (χ3n) is 6.76. The number of aryl methyl sites for hydroxylation is 1. The predicted octanol–water partition coefficient (Wildman–Crippen LogP) is 5.24. The minimum atomic E-state index is -4.48. The number of hydrogen-bond donors (Lipinski definition) is 0. The Morgan fingerprint density at radius 3 is 2.53 bits per heavy atom. The number of rotatable bonds is 2. The lowest BCUT2D eigenvalue weighted by atomic mass is 10.0. The minimum Gasteiger partial charge on any atom is -0.490 e. The number of fused-ring (bicyclic) bond motifs is 2. The molecule has 3 aliphatic heterocycles. The van der Waals surface area contributed by atoms with Gasteiger partial charge in [-0.1, -0.05) is 13.8 Å². The molecule has 0 radical (unpaired) electrons. The number of methoxy groups -OCH3 is 1. The van der Waals surface area contributed by atoms with Crippen molar-refractivity contribution in [2.24, 2.45) is 0 Å². The molecule has 0 unspecified atom stereocenters. The van der Waals surface area contributed by atoms with Crippen molar-refractivity contribution in [3.63, 3.8) is 0 Å². The van der Waals surface area contributed by atoms with Crippen LogP contribution < -0.4 is 9.64 Å². The molecule has 4 heterocycles. The van der Waals surface area contributed by atoms with Gasteiger partial charge in [-0.3, -0.25) is 4.68 Å². The molecule has 0 spiro atoms. The third kappa shape index (κ3) is 4.85. The zero-order valence-electron chi connectivity index (χ0n) is 21.2. The van der Waals surface area contributed by atoms with Gasteiger partial charge >= 0.3 is 12.3 Å². The van der Waals surface area contributed by atoms with E-state index in [-0.39, 0.29) is 18.2 Å². The van der Waals surface area contributed by atoms with E-state index in [1.165, 1.54) is 20.1 Å². The van der Waals surface area contributed by atoms with Crippen LogP contribution in [0.2, 0.25) is 0 Å². The Hall–Kier alpha value is -2.95. The summed E-state index contributed by atoms with van der Waals surface area (Å²) in [6, 6.07) is 2.72. The van der Waals surface area contributed by atoms with Gasteiger partial charge in [0.1, 0.15) is 12.4 Å². The van der Waals surface area contributed by atoms with Crippen molar-refractivity contribution in [1.82, 2.24) is 14.7 Å². The van der Waals surface area contributed by atoms with Crippen LogP contribution in [-0.4, -0.2) is 60.8 Å². The molecule has 1 saturated heterocycles. The van der Waals surface area contributed by atoms with Crippen LogP contribution in [0, 0.1) is 6.92 Å². The van der Waals surface area contributed by atoms with E-state index in [4.69, 9.17) is 19.3 Å². The monoisotopic (exact) mass is 510 g/mol. The molecule has 0 aliphatic carbocycles. The van der Waals surface area contributed by atoms with Gasteiger partial charge in [0.2, 0.25) is 0 Å². The van der Waals surface area contributed by atoms with Crippen LogP contribution >= 0.6 is 0 Å². The predicted molar refractivity (Wildman–Crippen MR) is 128 cm³/mol. The van der Waals surface area contributed by atoms with Crippen molar-refractivity contribution in [3.8, 4) is 5.75 Å². The summed E-state index contributed by atoms with van der Waals surface area (Å²) in [5.74, 6) is 0.961. The van der Waals surface area contributed by atoms with E-state index in [1.807, 2.05) is 18.5 Å². The fraction of sp³-hybridized carbons (Fsp3) is 0.600. The van der Waals surface area contributed by atoms with E-state index in [9.17, 15) is 18.0 Å². The van der Waals surface area contributed by atoms with Crippen molar-refractivity contribution < 1.29 is 32.2 Å². The molecule has 1 aromatic heterocycles. The summed E-state index contributed by atoms with van der Waals surface area (Å²) in [6.07, 6.45) is -2.71. The Labute approximate surface area is 208 Å². The number of ether oxygens (including phenoxy) is 3. The average Bonchev–Trinajstić information content (AvgIpc) is 3.27. The Bertz CT molecular complexity index is 1100. The summed E-state index contributed by atoms with van der Waals surface area (Å²) in [6.45, 7) is 8.15. The topological polar surface area (TPSA) is 69.1 Å². The van der Waals surface area contributed by atoms with Gasteiger partial charge in [-0.2, -0.15) is 18.3 Å². The maximum absolute atomic E-state index is 13.7. The Kier molecular flexibility index (Phi) is 7.67. The van der Waals surface area contributed by atoms with Gasteiger partial charge in [-0.15, -0.1) is 0 Å². The maximum Gasteiger partial charge on any atom is 0.416 e. The summed E-state index contributed by atoms with van der Waals surface area (Å²) >= 11 is 0. The Morgan fingerprint density at radius 1 is 1.14 bits per heavy atom. The van der Waals surface area contributed by atoms with Crippen LogP contribution in [0.1, 0.15) is 55.1 Å². The molecule has 36 heavy (non-hydrogen) atoms. The summed E-state index contributed by atoms with van der Waals surface area (Å²) in [4.78, 5) is 15.7. The van der Waals surface area contributed by atoms with E-state index < -0.39 is 17.8 Å². The van der Waals surface area contributed by atoms with Gasteiger partial charge in [0.05, 0.1) is 37.5 Å². The largest absolute Gasteiger partial charge is 0.490 e. The summed E-state index contributed by atoms with van der Waals surface area (Å²) < 4.78 is 59.3. The lowest BCUT2D eigenvalue weighted by Crippen LogP contribution is -2.37. The van der Waals surface area contributed by atoms with Gasteiger partial charge < -0.3 is 24.0 Å². The van der Waals surface area contributed by atoms with Crippen molar-refractivity contribution in [1.29, 1.82) is 0 Å². The molecule has 8 nitrogen and oxygen atoms in total. The number of hydrogen-bond acceptors (Lipinski definition) is 6. The average molecular weight is 511 g/mol. The van der Waals surface area contributed by atoms with Crippen molar-refractivity contribution in [2.75, 3.05) is 44.9 Å². The van der Waals surface area contributed by atoms with E-state index >= 15 is 0 Å². The van der Waals surface area contributed by atoms with Crippen LogP contribution in [0.3, 0.4) is 0 Å². The number of benzene rings is 1. The number of amides is 1. The van der Waals surface area contributed by atoms with Gasteiger partial charge in [-0.25, -0.2) is 4.79 Å². The van der Waals surface area contributed by atoms with Gasteiger partial charge in [0.25, 0.3) is 0 Å². The summed E-state index contributed by atoms with van der Waals surface area (Å²) in [5.41, 5.74) is 1.59. The molecule has 0 N–H and O–H groups in total. The fourth-order valence-electron chi connectivity index (χ4n) is 5.05.